The number of carboxylic acids is 1. The van der Waals surface area contributed by atoms with E-state index in [9.17, 15) is 9.59 Å². The summed E-state index contributed by atoms with van der Waals surface area (Å²) in [5.74, 6) is -1.04. The van der Waals surface area contributed by atoms with Crippen molar-refractivity contribution < 1.29 is 14.7 Å². The largest absolute Gasteiger partial charge is 0.481 e. The molecule has 1 fully saturated rings. The van der Waals surface area contributed by atoms with Crippen LogP contribution in [0.4, 0.5) is 4.79 Å². The van der Waals surface area contributed by atoms with Crippen molar-refractivity contribution in [3.63, 3.8) is 0 Å². The first-order valence-corrected chi connectivity index (χ1v) is 8.08. The maximum Gasteiger partial charge on any atom is 0.317 e. The second-order valence-electron chi connectivity index (χ2n) is 5.54. The van der Waals surface area contributed by atoms with Crippen molar-refractivity contribution in [2.24, 2.45) is 11.8 Å². The van der Waals surface area contributed by atoms with Crippen LogP contribution in [0.2, 0.25) is 0 Å². The molecule has 2 heterocycles. The number of likely N-dealkylation sites (tertiary alicyclic amines) is 1. The summed E-state index contributed by atoms with van der Waals surface area (Å²) in [6.45, 7) is 3.50. The Kier molecular flexibility index (Phi) is 5.55. The molecule has 6 nitrogen and oxygen atoms in total. The van der Waals surface area contributed by atoms with E-state index in [1.807, 2.05) is 12.3 Å². The van der Waals surface area contributed by atoms with Crippen LogP contribution < -0.4 is 5.32 Å². The standard InChI is InChI=1S/C14H21N3O3S/c1-10-7-11(13(18)19)9-17(8-10)14(20)16-4-2-3-12-15-5-6-21-12/h5-6,10-11H,2-4,7-9H2,1H3,(H,16,20)(H,18,19). The highest BCUT2D eigenvalue weighted by Crippen LogP contribution is 2.21. The highest BCUT2D eigenvalue weighted by atomic mass is 32.1. The van der Waals surface area contributed by atoms with Gasteiger partial charge in [0, 0.05) is 37.6 Å². The molecule has 2 atom stereocenters. The minimum atomic E-state index is -0.817. The van der Waals surface area contributed by atoms with Crippen molar-refractivity contribution >= 4 is 23.3 Å². The van der Waals surface area contributed by atoms with Gasteiger partial charge in [-0.2, -0.15) is 0 Å². The minimum absolute atomic E-state index is 0.160. The number of carbonyl (C=O) groups excluding carboxylic acids is 1. The number of piperidine rings is 1. The second-order valence-corrected chi connectivity index (χ2v) is 6.52. The van der Waals surface area contributed by atoms with Crippen molar-refractivity contribution in [1.29, 1.82) is 0 Å². The molecule has 21 heavy (non-hydrogen) atoms. The van der Waals surface area contributed by atoms with Crippen LogP contribution in [0.15, 0.2) is 11.6 Å². The van der Waals surface area contributed by atoms with Gasteiger partial charge >= 0.3 is 12.0 Å². The number of aliphatic carboxylic acids is 1. The maximum absolute atomic E-state index is 12.1. The van der Waals surface area contributed by atoms with Crippen molar-refractivity contribution in [3.8, 4) is 0 Å². The first kappa shape index (κ1) is 15.8. The normalized spacial score (nSPS) is 22.0. The molecule has 2 rings (SSSR count). The number of hydrogen-bond acceptors (Lipinski definition) is 4. The second kappa shape index (κ2) is 7.40. The van der Waals surface area contributed by atoms with E-state index in [0.717, 1.165) is 17.8 Å². The van der Waals surface area contributed by atoms with Crippen LogP contribution in [0.5, 0.6) is 0 Å². The number of carbonyl (C=O) groups is 2. The number of aryl methyl sites for hydroxylation is 1. The van der Waals surface area contributed by atoms with Gasteiger partial charge in [-0.05, 0) is 18.8 Å². The Balaban J connectivity index is 1.73. The summed E-state index contributed by atoms with van der Waals surface area (Å²) in [5, 5.41) is 15.0. The molecule has 0 aliphatic carbocycles. The molecule has 7 heteroatoms. The summed E-state index contributed by atoms with van der Waals surface area (Å²) in [5.41, 5.74) is 0. The number of carboxylic acid groups (broad SMARTS) is 1. The Bertz CT molecular complexity index is 478. The number of hydrogen-bond donors (Lipinski definition) is 2. The fourth-order valence-corrected chi connectivity index (χ4v) is 3.28. The third-order valence-corrected chi connectivity index (χ3v) is 4.46. The number of urea groups is 1. The lowest BCUT2D eigenvalue weighted by Gasteiger charge is -2.34. The molecule has 1 saturated heterocycles. The topological polar surface area (TPSA) is 82.5 Å². The molecule has 1 aliphatic rings. The molecule has 0 aromatic carbocycles. The zero-order chi connectivity index (χ0) is 15.2. The summed E-state index contributed by atoms with van der Waals surface area (Å²) in [6.07, 6.45) is 4.11. The predicted molar refractivity (Wildman–Crippen MR) is 80.3 cm³/mol. The van der Waals surface area contributed by atoms with Crippen molar-refractivity contribution in [2.45, 2.75) is 26.2 Å². The molecule has 2 unspecified atom stereocenters. The van der Waals surface area contributed by atoms with Gasteiger partial charge < -0.3 is 15.3 Å². The van der Waals surface area contributed by atoms with Gasteiger partial charge in [0.1, 0.15) is 0 Å². The third-order valence-electron chi connectivity index (χ3n) is 3.62. The fraction of sp³-hybridized carbons (Fsp3) is 0.643. The quantitative estimate of drug-likeness (QED) is 0.813. The lowest BCUT2D eigenvalue weighted by molar-refractivity contribution is -0.143. The van der Waals surface area contributed by atoms with Gasteiger partial charge in [0.25, 0.3) is 0 Å². The van der Waals surface area contributed by atoms with Crippen LogP contribution in [0.1, 0.15) is 24.8 Å². The SMILES string of the molecule is CC1CC(C(=O)O)CN(C(=O)NCCCc2nccs2)C1. The van der Waals surface area contributed by atoms with E-state index >= 15 is 0 Å². The Morgan fingerprint density at radius 2 is 2.33 bits per heavy atom. The Morgan fingerprint density at radius 3 is 3.00 bits per heavy atom. The summed E-state index contributed by atoms with van der Waals surface area (Å²) < 4.78 is 0. The van der Waals surface area contributed by atoms with E-state index in [4.69, 9.17) is 5.11 Å². The summed E-state index contributed by atoms with van der Waals surface area (Å²) >= 11 is 1.61. The van der Waals surface area contributed by atoms with Crippen molar-refractivity contribution in [2.75, 3.05) is 19.6 Å². The van der Waals surface area contributed by atoms with Gasteiger partial charge in [-0.1, -0.05) is 6.92 Å². The Labute approximate surface area is 128 Å². The molecule has 0 radical (unpaired) electrons. The summed E-state index contributed by atoms with van der Waals surface area (Å²) in [4.78, 5) is 29.0. The van der Waals surface area contributed by atoms with Gasteiger partial charge in [0.15, 0.2) is 0 Å². The average Bonchev–Trinajstić information content (AvgIpc) is 2.95. The minimum Gasteiger partial charge on any atom is -0.481 e. The van der Waals surface area contributed by atoms with Gasteiger partial charge in [0.05, 0.1) is 10.9 Å². The zero-order valence-corrected chi connectivity index (χ0v) is 12.9. The van der Waals surface area contributed by atoms with Gasteiger partial charge in [0.2, 0.25) is 0 Å². The van der Waals surface area contributed by atoms with E-state index in [-0.39, 0.29) is 11.9 Å². The molecule has 2 amide bonds. The summed E-state index contributed by atoms with van der Waals surface area (Å²) in [6, 6.07) is -0.160. The Hall–Kier alpha value is -1.63. The highest BCUT2D eigenvalue weighted by molar-refractivity contribution is 7.09. The smallest absolute Gasteiger partial charge is 0.317 e. The molecule has 116 valence electrons. The molecule has 1 aliphatic heterocycles. The molecular formula is C14H21N3O3S. The monoisotopic (exact) mass is 311 g/mol. The summed E-state index contributed by atoms with van der Waals surface area (Å²) in [7, 11) is 0. The Morgan fingerprint density at radius 1 is 1.52 bits per heavy atom. The van der Waals surface area contributed by atoms with E-state index in [1.54, 1.807) is 22.4 Å². The fourth-order valence-electron chi connectivity index (χ4n) is 2.62. The zero-order valence-electron chi connectivity index (χ0n) is 12.1. The van der Waals surface area contributed by atoms with Crippen molar-refractivity contribution in [3.05, 3.63) is 16.6 Å². The van der Waals surface area contributed by atoms with Crippen molar-refractivity contribution in [1.82, 2.24) is 15.2 Å². The van der Waals surface area contributed by atoms with E-state index in [2.05, 4.69) is 10.3 Å². The van der Waals surface area contributed by atoms with Gasteiger partial charge in [-0.25, -0.2) is 9.78 Å². The van der Waals surface area contributed by atoms with Gasteiger partial charge in [-0.3, -0.25) is 4.79 Å². The van der Waals surface area contributed by atoms with E-state index in [1.165, 1.54) is 0 Å². The number of thiazole rings is 1. The lowest BCUT2D eigenvalue weighted by atomic mass is 9.91. The molecule has 0 bridgehead atoms. The van der Waals surface area contributed by atoms with Crippen LogP contribution in [-0.2, 0) is 11.2 Å². The van der Waals surface area contributed by atoms with E-state index < -0.39 is 11.9 Å². The highest BCUT2D eigenvalue weighted by Gasteiger charge is 2.31. The number of aromatic nitrogens is 1. The maximum atomic E-state index is 12.1. The van der Waals surface area contributed by atoms with Crippen LogP contribution in [0, 0.1) is 11.8 Å². The van der Waals surface area contributed by atoms with Gasteiger partial charge in [-0.15, -0.1) is 11.3 Å². The van der Waals surface area contributed by atoms with Crippen LogP contribution in [0.25, 0.3) is 0 Å². The van der Waals surface area contributed by atoms with E-state index in [0.29, 0.717) is 26.1 Å². The molecule has 1 aromatic rings. The molecule has 1 aromatic heterocycles. The van der Waals surface area contributed by atoms with Crippen LogP contribution >= 0.6 is 11.3 Å². The first-order valence-electron chi connectivity index (χ1n) is 7.20. The molecule has 0 spiro atoms. The van der Waals surface area contributed by atoms with Crippen LogP contribution in [-0.4, -0.2) is 46.6 Å². The predicted octanol–water partition coefficient (Wildman–Crippen LogP) is 1.83. The lowest BCUT2D eigenvalue weighted by Crippen LogP contribution is -2.49. The number of rotatable bonds is 5. The average molecular weight is 311 g/mol. The number of nitrogens with one attached hydrogen (secondary N) is 1. The molecule has 2 N–H and O–H groups in total. The third kappa shape index (κ3) is 4.70. The number of nitrogens with zero attached hydrogens (tertiary/aromatic N) is 2. The van der Waals surface area contributed by atoms with Crippen LogP contribution in [0.3, 0.4) is 0 Å². The first-order chi connectivity index (χ1) is 10.1. The molecular weight excluding hydrogens is 290 g/mol. The molecule has 0 saturated carbocycles. The number of amides is 2.